The van der Waals surface area contributed by atoms with Crippen molar-refractivity contribution in [2.24, 2.45) is 0 Å². The van der Waals surface area contributed by atoms with Crippen LogP contribution in [0.2, 0.25) is 0 Å². The van der Waals surface area contributed by atoms with E-state index in [4.69, 9.17) is 9.47 Å². The van der Waals surface area contributed by atoms with Gasteiger partial charge in [-0.05, 0) is 11.6 Å². The van der Waals surface area contributed by atoms with Crippen LogP contribution in [0.15, 0.2) is 42.7 Å². The largest absolute Gasteiger partial charge is 0.475 e. The van der Waals surface area contributed by atoms with Crippen molar-refractivity contribution >= 4 is 0 Å². The van der Waals surface area contributed by atoms with E-state index >= 15 is 0 Å². The lowest BCUT2D eigenvalue weighted by molar-refractivity contribution is -0.00474. The lowest BCUT2D eigenvalue weighted by atomic mass is 10.0. The quantitative estimate of drug-likeness (QED) is 0.653. The molecule has 0 N–H and O–H groups in total. The van der Waals surface area contributed by atoms with Crippen LogP contribution in [0.25, 0.3) is 0 Å². The molecule has 1 aromatic rings. The Hall–Kier alpha value is -1.28. The second-order valence-corrected chi connectivity index (χ2v) is 3.00. The number of benzene rings is 1. The maximum absolute atomic E-state index is 5.28. The van der Waals surface area contributed by atoms with Crippen LogP contribution in [0, 0.1) is 0 Å². The molecule has 0 bridgehead atoms. The van der Waals surface area contributed by atoms with Gasteiger partial charge in [-0.2, -0.15) is 0 Å². The average Bonchev–Trinajstić information content (AvgIpc) is 2.47. The Morgan fingerprint density at radius 3 is 2.85 bits per heavy atom. The summed E-state index contributed by atoms with van der Waals surface area (Å²) in [6, 6.07) is 10.3. The molecule has 0 aromatic heterocycles. The molecule has 1 atom stereocenters. The molecule has 68 valence electrons. The van der Waals surface area contributed by atoms with E-state index in [1.54, 1.807) is 6.26 Å². The Bertz CT molecular complexity index is 279. The van der Waals surface area contributed by atoms with E-state index < -0.39 is 0 Å². The molecule has 0 fully saturated rings. The predicted molar refractivity (Wildman–Crippen MR) is 50.2 cm³/mol. The predicted octanol–water partition coefficient (Wildman–Crippen LogP) is 2.29. The molecule has 1 aromatic carbocycles. The summed E-state index contributed by atoms with van der Waals surface area (Å²) in [6.45, 7) is 1.06. The van der Waals surface area contributed by atoms with Gasteiger partial charge in [-0.25, -0.2) is 0 Å². The molecule has 2 heteroatoms. The van der Waals surface area contributed by atoms with Gasteiger partial charge in [-0.1, -0.05) is 30.3 Å². The minimum Gasteiger partial charge on any atom is -0.475 e. The summed E-state index contributed by atoms with van der Waals surface area (Å²) in [6.07, 6.45) is 3.74. The van der Waals surface area contributed by atoms with Gasteiger partial charge in [0.25, 0.3) is 0 Å². The first kappa shape index (κ1) is 8.32. The highest BCUT2D eigenvalue weighted by molar-refractivity contribution is 5.23. The SMILES string of the molecule is C1=CC(c2ccccc2)COCO1. The molecule has 2 rings (SSSR count). The van der Waals surface area contributed by atoms with Gasteiger partial charge in [0.15, 0.2) is 6.79 Å². The monoisotopic (exact) mass is 176 g/mol. The highest BCUT2D eigenvalue weighted by Crippen LogP contribution is 2.18. The lowest BCUT2D eigenvalue weighted by Gasteiger charge is -2.09. The van der Waals surface area contributed by atoms with E-state index in [0.717, 1.165) is 0 Å². The Morgan fingerprint density at radius 2 is 2.00 bits per heavy atom. The molecule has 2 nitrogen and oxygen atoms in total. The van der Waals surface area contributed by atoms with Gasteiger partial charge >= 0.3 is 0 Å². The summed E-state index contributed by atoms with van der Waals surface area (Å²) in [7, 11) is 0. The van der Waals surface area contributed by atoms with Crippen LogP contribution in [0.4, 0.5) is 0 Å². The molecule has 13 heavy (non-hydrogen) atoms. The Labute approximate surface area is 77.8 Å². The molecule has 1 heterocycles. The Morgan fingerprint density at radius 1 is 1.15 bits per heavy atom. The van der Waals surface area contributed by atoms with E-state index in [1.165, 1.54) is 5.56 Å². The molecular weight excluding hydrogens is 164 g/mol. The third-order valence-corrected chi connectivity index (χ3v) is 2.08. The topological polar surface area (TPSA) is 18.5 Å². The Kier molecular flexibility index (Phi) is 2.62. The zero-order chi connectivity index (χ0) is 8.93. The fraction of sp³-hybridized carbons (Fsp3) is 0.273. The third-order valence-electron chi connectivity index (χ3n) is 2.08. The molecule has 0 saturated carbocycles. The zero-order valence-electron chi connectivity index (χ0n) is 7.35. The van der Waals surface area contributed by atoms with Crippen LogP contribution in [0.5, 0.6) is 0 Å². The average molecular weight is 176 g/mol. The van der Waals surface area contributed by atoms with Gasteiger partial charge in [-0.15, -0.1) is 0 Å². The second-order valence-electron chi connectivity index (χ2n) is 3.00. The van der Waals surface area contributed by atoms with Gasteiger partial charge < -0.3 is 9.47 Å². The number of rotatable bonds is 1. The molecule has 0 radical (unpaired) electrons. The third kappa shape index (κ3) is 2.10. The van der Waals surface area contributed by atoms with Crippen LogP contribution in [0.1, 0.15) is 11.5 Å². The highest BCUT2D eigenvalue weighted by Gasteiger charge is 2.09. The number of hydrogen-bond acceptors (Lipinski definition) is 2. The molecule has 0 saturated heterocycles. The normalized spacial score (nSPS) is 22.0. The van der Waals surface area contributed by atoms with Gasteiger partial charge in [0.1, 0.15) is 0 Å². The minimum atomic E-state index is 0.323. The Balaban J connectivity index is 2.15. The summed E-state index contributed by atoms with van der Waals surface area (Å²) in [5.41, 5.74) is 1.27. The maximum atomic E-state index is 5.28. The number of hydrogen-bond donors (Lipinski definition) is 0. The van der Waals surface area contributed by atoms with Crippen molar-refractivity contribution in [3.05, 3.63) is 48.2 Å². The summed E-state index contributed by atoms with van der Waals surface area (Å²) < 4.78 is 10.3. The van der Waals surface area contributed by atoms with Gasteiger partial charge in [0.2, 0.25) is 0 Å². The van der Waals surface area contributed by atoms with E-state index in [-0.39, 0.29) is 0 Å². The molecular formula is C11H12O2. The van der Waals surface area contributed by atoms with Crippen LogP contribution >= 0.6 is 0 Å². The molecule has 0 amide bonds. The van der Waals surface area contributed by atoms with Gasteiger partial charge in [0.05, 0.1) is 12.9 Å². The molecule has 0 spiro atoms. The van der Waals surface area contributed by atoms with E-state index in [1.807, 2.05) is 24.3 Å². The first-order valence-corrected chi connectivity index (χ1v) is 4.38. The maximum Gasteiger partial charge on any atom is 0.188 e. The van der Waals surface area contributed by atoms with Crippen molar-refractivity contribution in [3.63, 3.8) is 0 Å². The van der Waals surface area contributed by atoms with Crippen molar-refractivity contribution < 1.29 is 9.47 Å². The van der Waals surface area contributed by atoms with Crippen LogP contribution in [-0.4, -0.2) is 13.4 Å². The van der Waals surface area contributed by atoms with E-state index in [2.05, 4.69) is 12.1 Å². The van der Waals surface area contributed by atoms with E-state index in [0.29, 0.717) is 19.3 Å². The van der Waals surface area contributed by atoms with Crippen LogP contribution in [0.3, 0.4) is 0 Å². The van der Waals surface area contributed by atoms with Crippen LogP contribution in [-0.2, 0) is 9.47 Å². The number of ether oxygens (including phenoxy) is 2. The van der Waals surface area contributed by atoms with Crippen molar-refractivity contribution in [1.82, 2.24) is 0 Å². The molecule has 0 aliphatic carbocycles. The standard InChI is InChI=1S/C11H12O2/c1-2-4-10(5-3-1)11-6-7-12-9-13-8-11/h1-7,11H,8-9H2. The summed E-state index contributed by atoms with van der Waals surface area (Å²) >= 11 is 0. The summed E-state index contributed by atoms with van der Waals surface area (Å²) in [4.78, 5) is 0. The summed E-state index contributed by atoms with van der Waals surface area (Å²) in [5, 5.41) is 0. The first-order chi connectivity index (χ1) is 6.47. The fourth-order valence-electron chi connectivity index (χ4n) is 1.38. The molecule has 1 aliphatic rings. The molecule has 1 aliphatic heterocycles. The fourth-order valence-corrected chi connectivity index (χ4v) is 1.38. The first-order valence-electron chi connectivity index (χ1n) is 4.38. The van der Waals surface area contributed by atoms with Crippen molar-refractivity contribution in [2.45, 2.75) is 5.92 Å². The van der Waals surface area contributed by atoms with Crippen molar-refractivity contribution in [1.29, 1.82) is 0 Å². The van der Waals surface area contributed by atoms with Crippen molar-refractivity contribution in [3.8, 4) is 0 Å². The van der Waals surface area contributed by atoms with Gasteiger partial charge in [-0.3, -0.25) is 0 Å². The highest BCUT2D eigenvalue weighted by atomic mass is 16.7. The minimum absolute atomic E-state index is 0.323. The van der Waals surface area contributed by atoms with E-state index in [9.17, 15) is 0 Å². The summed E-state index contributed by atoms with van der Waals surface area (Å²) in [5.74, 6) is 0.323. The van der Waals surface area contributed by atoms with Crippen LogP contribution < -0.4 is 0 Å². The zero-order valence-corrected chi connectivity index (χ0v) is 7.35. The lowest BCUT2D eigenvalue weighted by Crippen LogP contribution is -2.03. The smallest absolute Gasteiger partial charge is 0.188 e. The second kappa shape index (κ2) is 4.10. The van der Waals surface area contributed by atoms with Crippen molar-refractivity contribution in [2.75, 3.05) is 13.4 Å². The molecule has 1 unspecified atom stereocenters. The van der Waals surface area contributed by atoms with Gasteiger partial charge in [0, 0.05) is 5.92 Å².